The predicted octanol–water partition coefficient (Wildman–Crippen LogP) is 3.55. The average molecular weight is 368 g/mol. The maximum Gasteiger partial charge on any atom is 0.274 e. The van der Waals surface area contributed by atoms with Crippen LogP contribution in [0.4, 0.5) is 11.5 Å². The summed E-state index contributed by atoms with van der Waals surface area (Å²) in [6, 6.07) is 7.49. The fraction of sp³-hybridized carbons (Fsp3) is 0.450. The molecule has 142 valence electrons. The number of ether oxygens (including phenoxy) is 2. The van der Waals surface area contributed by atoms with Crippen LogP contribution in [0.5, 0.6) is 11.5 Å². The van der Waals surface area contributed by atoms with E-state index < -0.39 is 0 Å². The van der Waals surface area contributed by atoms with Crippen molar-refractivity contribution in [2.45, 2.75) is 45.1 Å². The molecule has 1 fully saturated rings. The molecule has 7 nitrogen and oxygen atoms in total. The Kier molecular flexibility index (Phi) is 5.09. The first-order valence-corrected chi connectivity index (χ1v) is 9.50. The number of hydrogen-bond donors (Lipinski definition) is 2. The molecule has 1 aliphatic carbocycles. The third kappa shape index (κ3) is 4.30. The molecule has 27 heavy (non-hydrogen) atoms. The highest BCUT2D eigenvalue weighted by molar-refractivity contribution is 6.03. The number of benzene rings is 1. The summed E-state index contributed by atoms with van der Waals surface area (Å²) in [5.41, 5.74) is 0.984. The summed E-state index contributed by atoms with van der Waals surface area (Å²) in [7, 11) is 0. The van der Waals surface area contributed by atoms with E-state index in [2.05, 4.69) is 20.6 Å². The molecule has 0 bridgehead atoms. The van der Waals surface area contributed by atoms with E-state index >= 15 is 0 Å². The van der Waals surface area contributed by atoms with Crippen LogP contribution in [0.25, 0.3) is 0 Å². The summed E-state index contributed by atoms with van der Waals surface area (Å²) in [6.45, 7) is 2.84. The van der Waals surface area contributed by atoms with Gasteiger partial charge in [0.1, 0.15) is 30.5 Å². The Morgan fingerprint density at radius 3 is 2.63 bits per heavy atom. The Morgan fingerprint density at radius 2 is 1.81 bits per heavy atom. The second-order valence-corrected chi connectivity index (χ2v) is 6.98. The van der Waals surface area contributed by atoms with Crippen molar-refractivity contribution in [3.8, 4) is 11.5 Å². The number of aromatic nitrogens is 2. The molecule has 1 aromatic carbocycles. The Bertz CT molecular complexity index is 834. The first kappa shape index (κ1) is 17.6. The Morgan fingerprint density at radius 1 is 1.04 bits per heavy atom. The molecule has 0 saturated heterocycles. The van der Waals surface area contributed by atoms with Crippen LogP contribution in [-0.4, -0.2) is 35.1 Å². The minimum Gasteiger partial charge on any atom is -0.486 e. The highest BCUT2D eigenvalue weighted by Gasteiger charge is 2.17. The van der Waals surface area contributed by atoms with Gasteiger partial charge < -0.3 is 20.1 Å². The molecule has 4 rings (SSSR count). The van der Waals surface area contributed by atoms with Gasteiger partial charge in [-0.2, -0.15) is 0 Å². The van der Waals surface area contributed by atoms with Gasteiger partial charge in [-0.1, -0.05) is 19.3 Å². The monoisotopic (exact) mass is 368 g/mol. The van der Waals surface area contributed by atoms with E-state index in [0.717, 1.165) is 12.8 Å². The molecule has 0 atom stereocenters. The van der Waals surface area contributed by atoms with Crippen molar-refractivity contribution in [2.75, 3.05) is 23.8 Å². The number of nitrogens with zero attached hydrogens (tertiary/aromatic N) is 2. The first-order valence-electron chi connectivity index (χ1n) is 9.50. The zero-order chi connectivity index (χ0) is 18.6. The third-order valence-corrected chi connectivity index (χ3v) is 4.83. The second kappa shape index (κ2) is 7.82. The molecule has 2 aromatic rings. The molecule has 1 aliphatic heterocycles. The van der Waals surface area contributed by atoms with Gasteiger partial charge in [0.05, 0.1) is 0 Å². The maximum absolute atomic E-state index is 12.7. The molecule has 7 heteroatoms. The van der Waals surface area contributed by atoms with Gasteiger partial charge in [0.15, 0.2) is 11.5 Å². The number of amides is 1. The number of hydrogen-bond acceptors (Lipinski definition) is 6. The maximum atomic E-state index is 12.7. The SMILES string of the molecule is Cc1nc(NC2CCCCC2)cc(C(=O)Nc2ccc3c(c2)OCCO3)n1. The molecule has 0 radical (unpaired) electrons. The molecule has 0 unspecified atom stereocenters. The summed E-state index contributed by atoms with van der Waals surface area (Å²) in [5, 5.41) is 6.33. The predicted molar refractivity (Wildman–Crippen MR) is 103 cm³/mol. The molecular weight excluding hydrogens is 344 g/mol. The van der Waals surface area contributed by atoms with Crippen molar-refractivity contribution in [1.82, 2.24) is 9.97 Å². The van der Waals surface area contributed by atoms with Crippen molar-refractivity contribution in [3.05, 3.63) is 35.8 Å². The third-order valence-electron chi connectivity index (χ3n) is 4.83. The van der Waals surface area contributed by atoms with Crippen LogP contribution >= 0.6 is 0 Å². The number of carbonyl (C=O) groups excluding carboxylic acids is 1. The molecule has 2 aliphatic rings. The zero-order valence-electron chi connectivity index (χ0n) is 15.5. The first-order chi connectivity index (χ1) is 13.2. The Labute approximate surface area is 158 Å². The van der Waals surface area contributed by atoms with Crippen LogP contribution in [0.2, 0.25) is 0 Å². The smallest absolute Gasteiger partial charge is 0.274 e. The van der Waals surface area contributed by atoms with Crippen LogP contribution in [0, 0.1) is 6.92 Å². The van der Waals surface area contributed by atoms with Gasteiger partial charge in [0, 0.05) is 23.9 Å². The van der Waals surface area contributed by atoms with Crippen LogP contribution < -0.4 is 20.1 Å². The van der Waals surface area contributed by atoms with Gasteiger partial charge in [-0.3, -0.25) is 4.79 Å². The molecule has 0 spiro atoms. The van der Waals surface area contributed by atoms with E-state index in [1.807, 2.05) is 0 Å². The van der Waals surface area contributed by atoms with Crippen molar-refractivity contribution in [1.29, 1.82) is 0 Å². The van der Waals surface area contributed by atoms with Gasteiger partial charge in [0.2, 0.25) is 0 Å². The van der Waals surface area contributed by atoms with Crippen LogP contribution in [0.15, 0.2) is 24.3 Å². The van der Waals surface area contributed by atoms with Crippen molar-refractivity contribution >= 4 is 17.4 Å². The average Bonchev–Trinajstić information content (AvgIpc) is 2.68. The Hall–Kier alpha value is -2.83. The number of nitrogens with one attached hydrogen (secondary N) is 2. The van der Waals surface area contributed by atoms with Crippen LogP contribution in [0.1, 0.15) is 48.4 Å². The van der Waals surface area contributed by atoms with Crippen LogP contribution in [0.3, 0.4) is 0 Å². The zero-order valence-corrected chi connectivity index (χ0v) is 15.5. The largest absolute Gasteiger partial charge is 0.486 e. The lowest BCUT2D eigenvalue weighted by molar-refractivity contribution is 0.102. The van der Waals surface area contributed by atoms with E-state index in [-0.39, 0.29) is 5.91 Å². The lowest BCUT2D eigenvalue weighted by Gasteiger charge is -2.23. The van der Waals surface area contributed by atoms with Gasteiger partial charge >= 0.3 is 0 Å². The highest BCUT2D eigenvalue weighted by Crippen LogP contribution is 2.32. The molecule has 2 N–H and O–H groups in total. The topological polar surface area (TPSA) is 85.4 Å². The van der Waals surface area contributed by atoms with Gasteiger partial charge in [-0.05, 0) is 31.9 Å². The minimum absolute atomic E-state index is 0.274. The number of fused-ring (bicyclic) bond motifs is 1. The summed E-state index contributed by atoms with van der Waals surface area (Å²) < 4.78 is 11.1. The van der Waals surface area contributed by atoms with Crippen molar-refractivity contribution in [2.24, 2.45) is 0 Å². The van der Waals surface area contributed by atoms with Gasteiger partial charge in [0.25, 0.3) is 5.91 Å². The van der Waals surface area contributed by atoms with E-state index in [9.17, 15) is 4.79 Å². The highest BCUT2D eigenvalue weighted by atomic mass is 16.6. The van der Waals surface area contributed by atoms with E-state index in [1.165, 1.54) is 19.3 Å². The number of carbonyl (C=O) groups is 1. The molecular formula is C20H24N4O3. The van der Waals surface area contributed by atoms with E-state index in [0.29, 0.717) is 53.8 Å². The minimum atomic E-state index is -0.274. The van der Waals surface area contributed by atoms with Crippen LogP contribution in [-0.2, 0) is 0 Å². The normalized spacial score (nSPS) is 16.6. The number of anilines is 2. The van der Waals surface area contributed by atoms with Gasteiger partial charge in [-0.25, -0.2) is 9.97 Å². The van der Waals surface area contributed by atoms with Gasteiger partial charge in [-0.15, -0.1) is 0 Å². The fourth-order valence-electron chi connectivity index (χ4n) is 3.53. The summed E-state index contributed by atoms with van der Waals surface area (Å²) in [6.07, 6.45) is 6.05. The quantitative estimate of drug-likeness (QED) is 0.858. The van der Waals surface area contributed by atoms with Crippen molar-refractivity contribution in [3.63, 3.8) is 0 Å². The summed E-state index contributed by atoms with van der Waals surface area (Å²) >= 11 is 0. The standard InChI is InChI=1S/C20H24N4O3/c1-13-21-16(12-19(22-13)23-14-5-3-2-4-6-14)20(25)24-15-7-8-17-18(11-15)27-10-9-26-17/h7-8,11-12,14H,2-6,9-10H2,1H3,(H,24,25)(H,21,22,23). The molecule has 2 heterocycles. The molecule has 1 amide bonds. The lowest BCUT2D eigenvalue weighted by atomic mass is 9.95. The Balaban J connectivity index is 1.48. The number of aryl methyl sites for hydroxylation is 1. The molecule has 1 saturated carbocycles. The lowest BCUT2D eigenvalue weighted by Crippen LogP contribution is -2.24. The number of rotatable bonds is 4. The molecule has 1 aromatic heterocycles. The second-order valence-electron chi connectivity index (χ2n) is 6.98. The summed E-state index contributed by atoms with van der Waals surface area (Å²) in [5.74, 6) is 2.34. The van der Waals surface area contributed by atoms with E-state index in [4.69, 9.17) is 9.47 Å². The summed E-state index contributed by atoms with van der Waals surface area (Å²) in [4.78, 5) is 21.4. The van der Waals surface area contributed by atoms with Crippen molar-refractivity contribution < 1.29 is 14.3 Å². The van der Waals surface area contributed by atoms with E-state index in [1.54, 1.807) is 31.2 Å². The fourth-order valence-corrected chi connectivity index (χ4v) is 3.53.